The van der Waals surface area contributed by atoms with E-state index in [9.17, 15) is 4.79 Å². The number of amides is 1. The average Bonchev–Trinajstić information content (AvgIpc) is 3.56. The van der Waals surface area contributed by atoms with Crippen molar-refractivity contribution in [2.75, 3.05) is 33.3 Å². The van der Waals surface area contributed by atoms with Crippen molar-refractivity contribution in [2.45, 2.75) is 31.7 Å². The number of hydrogen-bond acceptors (Lipinski definition) is 3. The molecule has 5 nitrogen and oxygen atoms in total. The van der Waals surface area contributed by atoms with Gasteiger partial charge in [-0.15, -0.1) is 0 Å². The smallest absolute Gasteiger partial charge is 0.220 e. The topological polar surface area (TPSA) is 46.5 Å². The molecule has 1 N–H and O–H groups in total. The molecule has 0 aliphatic carbocycles. The third-order valence-corrected chi connectivity index (χ3v) is 7.25. The van der Waals surface area contributed by atoms with Crippen LogP contribution in [0.5, 0.6) is 5.75 Å². The molecule has 5 heteroatoms. The van der Waals surface area contributed by atoms with Crippen molar-refractivity contribution in [1.82, 2.24) is 14.8 Å². The molecule has 1 unspecified atom stereocenters. The number of likely N-dealkylation sites (tertiary alicyclic amines) is 1. The number of benzene rings is 3. The first kappa shape index (κ1) is 24.1. The Morgan fingerprint density at radius 2 is 1.67 bits per heavy atom. The van der Waals surface area contributed by atoms with Gasteiger partial charge in [0, 0.05) is 49.1 Å². The van der Waals surface area contributed by atoms with Crippen molar-refractivity contribution in [3.63, 3.8) is 0 Å². The number of para-hydroxylation sites is 1. The van der Waals surface area contributed by atoms with Gasteiger partial charge in [-0.25, -0.2) is 0 Å². The van der Waals surface area contributed by atoms with Gasteiger partial charge in [-0.05, 0) is 60.8 Å². The van der Waals surface area contributed by atoms with E-state index in [-0.39, 0.29) is 11.8 Å². The van der Waals surface area contributed by atoms with E-state index in [1.54, 1.807) is 7.11 Å². The van der Waals surface area contributed by atoms with E-state index >= 15 is 0 Å². The molecule has 0 bridgehead atoms. The van der Waals surface area contributed by atoms with Crippen LogP contribution in [0.25, 0.3) is 10.9 Å². The van der Waals surface area contributed by atoms with Gasteiger partial charge in [-0.2, -0.15) is 0 Å². The maximum absolute atomic E-state index is 13.2. The van der Waals surface area contributed by atoms with Crippen LogP contribution in [0.2, 0.25) is 0 Å². The number of carbonyl (C=O) groups excluding carboxylic acids is 1. The lowest BCUT2D eigenvalue weighted by Gasteiger charge is -2.19. The number of nitrogens with one attached hydrogen (secondary N) is 1. The van der Waals surface area contributed by atoms with Crippen LogP contribution in [0.15, 0.2) is 85.1 Å². The monoisotopic (exact) mass is 481 g/mol. The molecular weight excluding hydrogens is 446 g/mol. The van der Waals surface area contributed by atoms with Gasteiger partial charge in [0.05, 0.1) is 7.11 Å². The number of fused-ring (bicyclic) bond motifs is 1. The minimum atomic E-state index is -0.0513. The Morgan fingerprint density at radius 1 is 0.944 bits per heavy atom. The van der Waals surface area contributed by atoms with Crippen LogP contribution in [0.3, 0.4) is 0 Å². The molecule has 1 aliphatic rings. The molecule has 1 amide bonds. The molecule has 1 aromatic heterocycles. The quantitative estimate of drug-likeness (QED) is 0.328. The summed E-state index contributed by atoms with van der Waals surface area (Å²) in [6, 6.07) is 27.2. The zero-order valence-corrected chi connectivity index (χ0v) is 21.0. The lowest BCUT2D eigenvalue weighted by Crippen LogP contribution is -2.34. The second-order valence-corrected chi connectivity index (χ2v) is 9.64. The SMILES string of the molecule is COc1ccc(C(CC(=O)NCCN2CCCC2)c2cn(Cc3ccccc3)c3ccccc23)cc1. The van der Waals surface area contributed by atoms with Gasteiger partial charge in [0.25, 0.3) is 0 Å². The second kappa shape index (κ2) is 11.4. The van der Waals surface area contributed by atoms with E-state index in [4.69, 9.17) is 4.74 Å². The molecule has 1 aliphatic heterocycles. The summed E-state index contributed by atoms with van der Waals surface area (Å²) in [5.41, 5.74) is 4.74. The van der Waals surface area contributed by atoms with Crippen LogP contribution < -0.4 is 10.1 Å². The molecule has 186 valence electrons. The number of methoxy groups -OCH3 is 1. The second-order valence-electron chi connectivity index (χ2n) is 9.64. The highest BCUT2D eigenvalue weighted by Gasteiger charge is 2.23. The summed E-state index contributed by atoms with van der Waals surface area (Å²) >= 11 is 0. The molecule has 36 heavy (non-hydrogen) atoms. The molecule has 1 fully saturated rings. The number of ether oxygens (including phenoxy) is 1. The Morgan fingerprint density at radius 3 is 2.42 bits per heavy atom. The fourth-order valence-electron chi connectivity index (χ4n) is 5.32. The predicted molar refractivity (Wildman–Crippen MR) is 146 cm³/mol. The van der Waals surface area contributed by atoms with Gasteiger partial charge in [0.15, 0.2) is 0 Å². The standard InChI is InChI=1S/C31H35N3O2/c1-36-26-15-13-25(14-16-26)28(21-31(35)32-17-20-33-18-7-8-19-33)29-23-34(22-24-9-3-2-4-10-24)30-12-6-5-11-27(29)30/h2-6,9-16,23,28H,7-8,17-22H2,1H3,(H,32,35). The highest BCUT2D eigenvalue weighted by atomic mass is 16.5. The molecule has 0 radical (unpaired) electrons. The van der Waals surface area contributed by atoms with Crippen molar-refractivity contribution >= 4 is 16.8 Å². The van der Waals surface area contributed by atoms with Crippen LogP contribution in [0, 0.1) is 0 Å². The Labute approximate surface area is 213 Å². The van der Waals surface area contributed by atoms with Gasteiger partial charge in [0.2, 0.25) is 5.91 Å². The largest absolute Gasteiger partial charge is 0.497 e. The zero-order chi connectivity index (χ0) is 24.7. The first-order chi connectivity index (χ1) is 17.7. The van der Waals surface area contributed by atoms with Gasteiger partial charge in [-0.1, -0.05) is 60.7 Å². The van der Waals surface area contributed by atoms with E-state index in [0.717, 1.165) is 37.5 Å². The summed E-state index contributed by atoms with van der Waals surface area (Å²) in [5.74, 6) is 0.860. The first-order valence-electron chi connectivity index (χ1n) is 13.0. The Kier molecular flexibility index (Phi) is 7.67. The summed E-state index contributed by atoms with van der Waals surface area (Å²) in [5, 5.41) is 4.38. The van der Waals surface area contributed by atoms with E-state index < -0.39 is 0 Å². The lowest BCUT2D eigenvalue weighted by molar-refractivity contribution is -0.121. The zero-order valence-electron chi connectivity index (χ0n) is 21.0. The fourth-order valence-corrected chi connectivity index (χ4v) is 5.32. The van der Waals surface area contributed by atoms with Crippen LogP contribution in [-0.4, -0.2) is 48.7 Å². The van der Waals surface area contributed by atoms with Crippen LogP contribution >= 0.6 is 0 Å². The van der Waals surface area contributed by atoms with Gasteiger partial charge in [0.1, 0.15) is 5.75 Å². The maximum Gasteiger partial charge on any atom is 0.220 e. The molecule has 1 saturated heterocycles. The van der Waals surface area contributed by atoms with E-state index in [0.29, 0.717) is 13.0 Å². The van der Waals surface area contributed by atoms with Crippen molar-refractivity contribution in [1.29, 1.82) is 0 Å². The Balaban J connectivity index is 1.44. The number of hydrogen-bond donors (Lipinski definition) is 1. The fraction of sp³-hybridized carbons (Fsp3) is 0.323. The molecule has 0 saturated carbocycles. The van der Waals surface area contributed by atoms with Gasteiger partial charge >= 0.3 is 0 Å². The summed E-state index contributed by atoms with van der Waals surface area (Å²) in [4.78, 5) is 15.6. The van der Waals surface area contributed by atoms with Crippen molar-refractivity contribution < 1.29 is 9.53 Å². The highest BCUT2D eigenvalue weighted by molar-refractivity contribution is 5.86. The molecule has 5 rings (SSSR count). The Bertz CT molecular complexity index is 1270. The minimum Gasteiger partial charge on any atom is -0.497 e. The van der Waals surface area contributed by atoms with Crippen LogP contribution in [0.1, 0.15) is 41.9 Å². The summed E-state index contributed by atoms with van der Waals surface area (Å²) < 4.78 is 7.70. The predicted octanol–water partition coefficient (Wildman–Crippen LogP) is 5.43. The van der Waals surface area contributed by atoms with Crippen molar-refractivity contribution in [2.24, 2.45) is 0 Å². The number of carbonyl (C=O) groups is 1. The number of aromatic nitrogens is 1. The van der Waals surface area contributed by atoms with Crippen molar-refractivity contribution in [3.05, 3.63) is 102 Å². The summed E-state index contributed by atoms with van der Waals surface area (Å²) in [6.07, 6.45) is 5.18. The number of rotatable bonds is 10. The minimum absolute atomic E-state index is 0.0513. The van der Waals surface area contributed by atoms with Gasteiger partial charge < -0.3 is 19.5 Å². The van der Waals surface area contributed by atoms with E-state index in [2.05, 4.69) is 81.6 Å². The lowest BCUT2D eigenvalue weighted by atomic mass is 9.88. The normalized spacial score (nSPS) is 14.7. The first-order valence-corrected chi connectivity index (χ1v) is 13.0. The summed E-state index contributed by atoms with van der Waals surface area (Å²) in [6.45, 7) is 4.70. The average molecular weight is 482 g/mol. The Hall–Kier alpha value is -3.57. The highest BCUT2D eigenvalue weighted by Crippen LogP contribution is 2.35. The summed E-state index contributed by atoms with van der Waals surface area (Å²) in [7, 11) is 1.68. The molecule has 4 aromatic rings. The maximum atomic E-state index is 13.2. The van der Waals surface area contributed by atoms with E-state index in [1.807, 2.05) is 18.2 Å². The van der Waals surface area contributed by atoms with Gasteiger partial charge in [-0.3, -0.25) is 4.79 Å². The van der Waals surface area contributed by atoms with Crippen molar-refractivity contribution in [3.8, 4) is 5.75 Å². The molecule has 1 atom stereocenters. The molecular formula is C31H35N3O2. The van der Waals surface area contributed by atoms with E-state index in [1.165, 1.54) is 34.9 Å². The van der Waals surface area contributed by atoms with Crippen LogP contribution in [-0.2, 0) is 11.3 Å². The molecule has 0 spiro atoms. The molecule has 3 aromatic carbocycles. The van der Waals surface area contributed by atoms with Crippen LogP contribution in [0.4, 0.5) is 0 Å². The number of nitrogens with zero attached hydrogens (tertiary/aromatic N) is 2. The molecule has 2 heterocycles. The third kappa shape index (κ3) is 5.63. The third-order valence-electron chi connectivity index (χ3n) is 7.25.